The molecule has 0 aromatic heterocycles. The molecular formula is C16H20N2O. The third-order valence-electron chi connectivity index (χ3n) is 2.94. The maximum absolute atomic E-state index is 5.81. The van der Waals surface area contributed by atoms with Crippen LogP contribution in [0.4, 0.5) is 11.4 Å². The van der Waals surface area contributed by atoms with E-state index in [1.807, 2.05) is 76.7 Å². The number of anilines is 2. The Morgan fingerprint density at radius 1 is 0.579 bits per heavy atom. The van der Waals surface area contributed by atoms with Gasteiger partial charge in [0.25, 0.3) is 0 Å². The summed E-state index contributed by atoms with van der Waals surface area (Å²) >= 11 is 0. The molecular weight excluding hydrogens is 236 g/mol. The van der Waals surface area contributed by atoms with Crippen LogP contribution in [0.3, 0.4) is 0 Å². The van der Waals surface area contributed by atoms with E-state index in [1.165, 1.54) is 0 Å². The molecule has 3 heteroatoms. The summed E-state index contributed by atoms with van der Waals surface area (Å²) in [7, 11) is 8.09. The molecule has 0 amide bonds. The highest BCUT2D eigenvalue weighted by molar-refractivity contribution is 5.50. The van der Waals surface area contributed by atoms with E-state index < -0.39 is 0 Å². The van der Waals surface area contributed by atoms with E-state index in [0.29, 0.717) is 0 Å². The van der Waals surface area contributed by atoms with E-state index in [1.54, 1.807) is 0 Å². The minimum atomic E-state index is 0.850. The van der Waals surface area contributed by atoms with Gasteiger partial charge in [-0.15, -0.1) is 0 Å². The molecule has 0 N–H and O–H groups in total. The quantitative estimate of drug-likeness (QED) is 0.831. The lowest BCUT2D eigenvalue weighted by Gasteiger charge is -2.14. The molecule has 19 heavy (non-hydrogen) atoms. The van der Waals surface area contributed by atoms with Gasteiger partial charge in [-0.05, 0) is 48.5 Å². The maximum atomic E-state index is 5.81. The molecule has 0 fully saturated rings. The Balaban J connectivity index is 2.08. The second-order valence-electron chi connectivity index (χ2n) is 4.88. The monoisotopic (exact) mass is 256 g/mol. The minimum absolute atomic E-state index is 0.850. The topological polar surface area (TPSA) is 15.7 Å². The summed E-state index contributed by atoms with van der Waals surface area (Å²) in [5.41, 5.74) is 2.32. The molecule has 0 saturated heterocycles. The summed E-state index contributed by atoms with van der Waals surface area (Å²) in [5, 5.41) is 0. The van der Waals surface area contributed by atoms with Gasteiger partial charge < -0.3 is 14.5 Å². The van der Waals surface area contributed by atoms with Crippen molar-refractivity contribution in [3.8, 4) is 11.5 Å². The van der Waals surface area contributed by atoms with Crippen molar-refractivity contribution in [2.75, 3.05) is 38.0 Å². The molecule has 0 radical (unpaired) electrons. The Labute approximate surface area is 115 Å². The molecule has 0 saturated carbocycles. The van der Waals surface area contributed by atoms with Crippen molar-refractivity contribution in [2.24, 2.45) is 0 Å². The maximum Gasteiger partial charge on any atom is 0.127 e. The summed E-state index contributed by atoms with van der Waals surface area (Å²) in [6.07, 6.45) is 0. The lowest BCUT2D eigenvalue weighted by molar-refractivity contribution is 0.483. The predicted molar refractivity (Wildman–Crippen MR) is 81.6 cm³/mol. The molecule has 0 unspecified atom stereocenters. The molecule has 0 atom stereocenters. The van der Waals surface area contributed by atoms with Gasteiger partial charge in [0.05, 0.1) is 0 Å². The Kier molecular flexibility index (Phi) is 3.95. The summed E-state index contributed by atoms with van der Waals surface area (Å²) in [6, 6.07) is 16.1. The summed E-state index contributed by atoms with van der Waals surface area (Å²) in [5.74, 6) is 1.70. The smallest absolute Gasteiger partial charge is 0.127 e. The lowest BCUT2D eigenvalue weighted by atomic mass is 10.2. The highest BCUT2D eigenvalue weighted by Gasteiger charge is 2.00. The molecule has 0 spiro atoms. The first-order valence-electron chi connectivity index (χ1n) is 6.29. The molecule has 3 nitrogen and oxygen atoms in total. The van der Waals surface area contributed by atoms with E-state index in [9.17, 15) is 0 Å². The van der Waals surface area contributed by atoms with Crippen LogP contribution < -0.4 is 14.5 Å². The van der Waals surface area contributed by atoms with Crippen molar-refractivity contribution in [3.63, 3.8) is 0 Å². The van der Waals surface area contributed by atoms with E-state index in [4.69, 9.17) is 4.74 Å². The van der Waals surface area contributed by atoms with Gasteiger partial charge in [-0.25, -0.2) is 0 Å². The minimum Gasteiger partial charge on any atom is -0.457 e. The third kappa shape index (κ3) is 3.41. The van der Waals surface area contributed by atoms with Crippen LogP contribution >= 0.6 is 0 Å². The molecule has 0 heterocycles. The van der Waals surface area contributed by atoms with Gasteiger partial charge in [0.2, 0.25) is 0 Å². The van der Waals surface area contributed by atoms with Gasteiger partial charge in [0.1, 0.15) is 11.5 Å². The first kappa shape index (κ1) is 13.3. The van der Waals surface area contributed by atoms with E-state index >= 15 is 0 Å². The second-order valence-corrected chi connectivity index (χ2v) is 4.88. The summed E-state index contributed by atoms with van der Waals surface area (Å²) in [4.78, 5) is 4.13. The van der Waals surface area contributed by atoms with Crippen molar-refractivity contribution < 1.29 is 4.74 Å². The number of nitrogens with zero attached hydrogens (tertiary/aromatic N) is 2. The van der Waals surface area contributed by atoms with Crippen LogP contribution in [-0.4, -0.2) is 28.2 Å². The van der Waals surface area contributed by atoms with Gasteiger partial charge in [-0.2, -0.15) is 0 Å². The van der Waals surface area contributed by atoms with Crippen molar-refractivity contribution in [1.29, 1.82) is 0 Å². The Morgan fingerprint density at radius 3 is 1.16 bits per heavy atom. The van der Waals surface area contributed by atoms with Gasteiger partial charge in [-0.1, -0.05) is 0 Å². The number of benzene rings is 2. The fraction of sp³-hybridized carbons (Fsp3) is 0.250. The SMILES string of the molecule is CN(C)c1ccc(Oc2ccc(N(C)C)cc2)cc1. The average Bonchev–Trinajstić information content (AvgIpc) is 2.40. The van der Waals surface area contributed by atoms with Crippen LogP contribution in [0.5, 0.6) is 11.5 Å². The molecule has 2 aromatic carbocycles. The van der Waals surface area contributed by atoms with Gasteiger partial charge in [0.15, 0.2) is 0 Å². The average molecular weight is 256 g/mol. The highest BCUT2D eigenvalue weighted by Crippen LogP contribution is 2.25. The van der Waals surface area contributed by atoms with Gasteiger partial charge in [0, 0.05) is 39.6 Å². The highest BCUT2D eigenvalue weighted by atomic mass is 16.5. The number of ether oxygens (including phenoxy) is 1. The summed E-state index contributed by atoms with van der Waals surface area (Å²) < 4.78 is 5.81. The Bertz CT molecular complexity index is 466. The molecule has 100 valence electrons. The van der Waals surface area contributed by atoms with Gasteiger partial charge in [-0.3, -0.25) is 0 Å². The van der Waals surface area contributed by atoms with Crippen LogP contribution in [0.25, 0.3) is 0 Å². The zero-order valence-electron chi connectivity index (χ0n) is 11.9. The third-order valence-corrected chi connectivity index (χ3v) is 2.94. The van der Waals surface area contributed by atoms with Crippen molar-refractivity contribution in [2.45, 2.75) is 0 Å². The number of rotatable bonds is 4. The number of hydrogen-bond acceptors (Lipinski definition) is 3. The normalized spacial score (nSPS) is 10.1. The molecule has 0 aliphatic rings. The van der Waals surface area contributed by atoms with Crippen LogP contribution in [0.2, 0.25) is 0 Å². The second kappa shape index (κ2) is 5.65. The van der Waals surface area contributed by atoms with E-state index in [-0.39, 0.29) is 0 Å². The summed E-state index contributed by atoms with van der Waals surface area (Å²) in [6.45, 7) is 0. The van der Waals surface area contributed by atoms with Crippen molar-refractivity contribution >= 4 is 11.4 Å². The molecule has 2 rings (SSSR count). The largest absolute Gasteiger partial charge is 0.457 e. The number of hydrogen-bond donors (Lipinski definition) is 0. The Hall–Kier alpha value is -2.16. The van der Waals surface area contributed by atoms with E-state index in [0.717, 1.165) is 22.9 Å². The van der Waals surface area contributed by atoms with Crippen molar-refractivity contribution in [3.05, 3.63) is 48.5 Å². The van der Waals surface area contributed by atoms with Crippen LogP contribution in [-0.2, 0) is 0 Å². The fourth-order valence-corrected chi connectivity index (χ4v) is 1.76. The first-order chi connectivity index (χ1) is 9.06. The van der Waals surface area contributed by atoms with E-state index in [2.05, 4.69) is 9.80 Å². The van der Waals surface area contributed by atoms with Crippen LogP contribution in [0.1, 0.15) is 0 Å². The molecule has 2 aromatic rings. The molecule has 0 bridgehead atoms. The zero-order chi connectivity index (χ0) is 13.8. The first-order valence-corrected chi connectivity index (χ1v) is 6.29. The lowest BCUT2D eigenvalue weighted by Crippen LogP contribution is -2.08. The van der Waals surface area contributed by atoms with Crippen LogP contribution in [0.15, 0.2) is 48.5 Å². The molecule has 0 aliphatic carbocycles. The van der Waals surface area contributed by atoms with Crippen molar-refractivity contribution in [1.82, 2.24) is 0 Å². The van der Waals surface area contributed by atoms with Gasteiger partial charge >= 0.3 is 0 Å². The zero-order valence-corrected chi connectivity index (χ0v) is 11.9. The Morgan fingerprint density at radius 2 is 0.895 bits per heavy atom. The predicted octanol–water partition coefficient (Wildman–Crippen LogP) is 3.61. The molecule has 0 aliphatic heterocycles. The van der Waals surface area contributed by atoms with Crippen LogP contribution in [0, 0.1) is 0 Å². The fourth-order valence-electron chi connectivity index (χ4n) is 1.76. The standard InChI is InChI=1S/C16H20N2O/c1-17(2)13-5-9-15(10-6-13)19-16-11-7-14(8-12-16)18(3)4/h5-12H,1-4H3.